The molecule has 0 aromatic heterocycles. The fourth-order valence-corrected chi connectivity index (χ4v) is 3.38. The number of amides is 1. The van der Waals surface area contributed by atoms with Crippen molar-refractivity contribution in [2.45, 2.75) is 52.4 Å². The number of carbonyl (C=O) groups is 1. The van der Waals surface area contributed by atoms with E-state index in [1.54, 1.807) is 0 Å². The van der Waals surface area contributed by atoms with Gasteiger partial charge in [0, 0.05) is 44.5 Å². The van der Waals surface area contributed by atoms with Gasteiger partial charge in [-0.05, 0) is 44.9 Å². The Labute approximate surface area is 138 Å². The lowest BCUT2D eigenvalue weighted by atomic mass is 10.1. The number of ether oxygens (including phenoxy) is 1. The second-order valence-electron chi connectivity index (χ2n) is 7.49. The molecule has 5 nitrogen and oxygen atoms in total. The highest BCUT2D eigenvalue weighted by atomic mass is 16.6. The predicted molar refractivity (Wildman–Crippen MR) is 91.6 cm³/mol. The van der Waals surface area contributed by atoms with Crippen LogP contribution in [0.4, 0.5) is 10.5 Å². The van der Waals surface area contributed by atoms with Gasteiger partial charge in [-0.2, -0.15) is 0 Å². The normalized spacial score (nSPS) is 21.3. The summed E-state index contributed by atoms with van der Waals surface area (Å²) in [5, 5.41) is 3.42. The zero-order valence-electron chi connectivity index (χ0n) is 14.6. The fourth-order valence-electron chi connectivity index (χ4n) is 3.38. The molecule has 0 aliphatic carbocycles. The SMILES string of the molecule is C[C@H]1CN(c2cccc3c2CNC3)CCN1C(=O)OC(C)(C)C. The molecule has 1 aromatic rings. The van der Waals surface area contributed by atoms with Gasteiger partial charge in [0.25, 0.3) is 0 Å². The van der Waals surface area contributed by atoms with Crippen molar-refractivity contribution in [2.24, 2.45) is 0 Å². The number of benzene rings is 1. The van der Waals surface area contributed by atoms with Crippen molar-refractivity contribution in [3.63, 3.8) is 0 Å². The number of piperazine rings is 1. The van der Waals surface area contributed by atoms with Crippen LogP contribution >= 0.6 is 0 Å². The number of rotatable bonds is 1. The highest BCUT2D eigenvalue weighted by Gasteiger charge is 2.32. The lowest BCUT2D eigenvalue weighted by Crippen LogP contribution is -2.55. The Kier molecular flexibility index (Phi) is 4.23. The Morgan fingerprint density at radius 1 is 1.26 bits per heavy atom. The summed E-state index contributed by atoms with van der Waals surface area (Å²) >= 11 is 0. The molecule has 1 atom stereocenters. The van der Waals surface area contributed by atoms with Crippen molar-refractivity contribution < 1.29 is 9.53 Å². The molecule has 23 heavy (non-hydrogen) atoms. The largest absolute Gasteiger partial charge is 0.444 e. The van der Waals surface area contributed by atoms with Crippen molar-refractivity contribution in [2.75, 3.05) is 24.5 Å². The average Bonchev–Trinajstić information content (AvgIpc) is 2.93. The molecule has 0 bridgehead atoms. The van der Waals surface area contributed by atoms with Crippen molar-refractivity contribution in [3.8, 4) is 0 Å². The summed E-state index contributed by atoms with van der Waals surface area (Å²) < 4.78 is 5.52. The fraction of sp³-hybridized carbons (Fsp3) is 0.611. The average molecular weight is 317 g/mol. The van der Waals surface area contributed by atoms with Gasteiger partial charge in [-0.3, -0.25) is 0 Å². The Morgan fingerprint density at radius 2 is 2.04 bits per heavy atom. The second kappa shape index (κ2) is 6.04. The second-order valence-corrected chi connectivity index (χ2v) is 7.49. The smallest absolute Gasteiger partial charge is 0.410 e. The van der Waals surface area contributed by atoms with Gasteiger partial charge in [-0.25, -0.2) is 4.79 Å². The molecule has 0 spiro atoms. The van der Waals surface area contributed by atoms with Gasteiger partial charge in [0.15, 0.2) is 0 Å². The number of nitrogens with zero attached hydrogens (tertiary/aromatic N) is 2. The Morgan fingerprint density at radius 3 is 2.74 bits per heavy atom. The van der Waals surface area contributed by atoms with E-state index in [1.165, 1.54) is 16.8 Å². The summed E-state index contributed by atoms with van der Waals surface area (Å²) in [7, 11) is 0. The summed E-state index contributed by atoms with van der Waals surface area (Å²) in [6, 6.07) is 6.66. The molecule has 126 valence electrons. The van der Waals surface area contributed by atoms with Crippen molar-refractivity contribution >= 4 is 11.8 Å². The van der Waals surface area contributed by atoms with Crippen molar-refractivity contribution in [1.82, 2.24) is 10.2 Å². The minimum atomic E-state index is -0.445. The van der Waals surface area contributed by atoms with E-state index in [2.05, 4.69) is 35.3 Å². The summed E-state index contributed by atoms with van der Waals surface area (Å²) in [4.78, 5) is 16.6. The molecule has 0 saturated carbocycles. The van der Waals surface area contributed by atoms with Crippen LogP contribution in [-0.4, -0.2) is 42.3 Å². The van der Waals surface area contributed by atoms with Crippen LogP contribution in [0.3, 0.4) is 0 Å². The summed E-state index contributed by atoms with van der Waals surface area (Å²) in [6.45, 7) is 12.1. The van der Waals surface area contributed by atoms with Crippen LogP contribution in [0, 0.1) is 0 Å². The standard InChI is InChI=1S/C18H27N3O2/c1-13-12-20(8-9-21(13)17(22)23-18(2,3)4)16-7-5-6-14-10-19-11-15(14)16/h5-7,13,19H,8-12H2,1-4H3/t13-/m0/s1. The van der Waals surface area contributed by atoms with Gasteiger partial charge >= 0.3 is 6.09 Å². The van der Waals surface area contributed by atoms with Gasteiger partial charge in [-0.15, -0.1) is 0 Å². The summed E-state index contributed by atoms with van der Waals surface area (Å²) in [5.41, 5.74) is 3.66. The van der Waals surface area contributed by atoms with Crippen LogP contribution in [0.25, 0.3) is 0 Å². The highest BCUT2D eigenvalue weighted by molar-refractivity contribution is 5.69. The zero-order chi connectivity index (χ0) is 16.6. The Balaban J connectivity index is 1.70. The predicted octanol–water partition coefficient (Wildman–Crippen LogP) is 2.74. The Bertz CT molecular complexity index is 594. The quantitative estimate of drug-likeness (QED) is 0.865. The maximum Gasteiger partial charge on any atom is 0.410 e. The minimum Gasteiger partial charge on any atom is -0.444 e. The molecule has 0 unspecified atom stereocenters. The van der Waals surface area contributed by atoms with Gasteiger partial charge in [-0.1, -0.05) is 12.1 Å². The van der Waals surface area contributed by atoms with Crippen LogP contribution in [0.1, 0.15) is 38.8 Å². The number of hydrogen-bond donors (Lipinski definition) is 1. The monoisotopic (exact) mass is 317 g/mol. The highest BCUT2D eigenvalue weighted by Crippen LogP contribution is 2.29. The molecular formula is C18H27N3O2. The van der Waals surface area contributed by atoms with Crippen LogP contribution in [0.15, 0.2) is 18.2 Å². The van der Waals surface area contributed by atoms with Crippen LogP contribution in [0.5, 0.6) is 0 Å². The van der Waals surface area contributed by atoms with E-state index in [0.717, 1.165) is 26.2 Å². The molecule has 1 N–H and O–H groups in total. The van der Waals surface area contributed by atoms with Gasteiger partial charge < -0.3 is 19.9 Å². The van der Waals surface area contributed by atoms with E-state index in [1.807, 2.05) is 25.7 Å². The van der Waals surface area contributed by atoms with E-state index < -0.39 is 5.60 Å². The third-order valence-electron chi connectivity index (χ3n) is 4.46. The zero-order valence-corrected chi connectivity index (χ0v) is 14.6. The van der Waals surface area contributed by atoms with Crippen LogP contribution < -0.4 is 10.2 Å². The first kappa shape index (κ1) is 16.1. The van der Waals surface area contributed by atoms with E-state index in [9.17, 15) is 4.79 Å². The lowest BCUT2D eigenvalue weighted by molar-refractivity contribution is 0.0159. The van der Waals surface area contributed by atoms with Crippen LogP contribution in [0.2, 0.25) is 0 Å². The topological polar surface area (TPSA) is 44.8 Å². The molecule has 2 heterocycles. The molecule has 5 heteroatoms. The van der Waals surface area contributed by atoms with Gasteiger partial charge in [0.05, 0.1) is 0 Å². The minimum absolute atomic E-state index is 0.142. The number of carbonyl (C=O) groups excluding carboxylic acids is 1. The number of anilines is 1. The van der Waals surface area contributed by atoms with Crippen molar-refractivity contribution in [1.29, 1.82) is 0 Å². The lowest BCUT2D eigenvalue weighted by Gasteiger charge is -2.41. The maximum atomic E-state index is 12.3. The first-order valence-corrected chi connectivity index (χ1v) is 8.41. The molecule has 2 aliphatic rings. The van der Waals surface area contributed by atoms with E-state index in [-0.39, 0.29) is 12.1 Å². The van der Waals surface area contributed by atoms with E-state index in [4.69, 9.17) is 4.74 Å². The first-order valence-electron chi connectivity index (χ1n) is 8.41. The molecule has 1 saturated heterocycles. The van der Waals surface area contributed by atoms with Gasteiger partial charge in [0.1, 0.15) is 5.60 Å². The Hall–Kier alpha value is -1.75. The number of hydrogen-bond acceptors (Lipinski definition) is 4. The summed E-state index contributed by atoms with van der Waals surface area (Å²) in [6.07, 6.45) is -0.204. The molecular weight excluding hydrogens is 290 g/mol. The molecule has 1 fully saturated rings. The van der Waals surface area contributed by atoms with E-state index in [0.29, 0.717) is 6.54 Å². The molecule has 1 amide bonds. The summed E-state index contributed by atoms with van der Waals surface area (Å²) in [5.74, 6) is 0. The van der Waals surface area contributed by atoms with E-state index >= 15 is 0 Å². The molecule has 2 aliphatic heterocycles. The third kappa shape index (κ3) is 3.44. The van der Waals surface area contributed by atoms with Gasteiger partial charge in [0.2, 0.25) is 0 Å². The molecule has 0 radical (unpaired) electrons. The molecule has 1 aromatic carbocycles. The molecule has 3 rings (SSSR count). The first-order chi connectivity index (χ1) is 10.8. The maximum absolute atomic E-state index is 12.3. The number of nitrogens with one attached hydrogen (secondary N) is 1. The van der Waals surface area contributed by atoms with Crippen LogP contribution in [-0.2, 0) is 17.8 Å². The number of fused-ring (bicyclic) bond motifs is 1. The third-order valence-corrected chi connectivity index (χ3v) is 4.46. The van der Waals surface area contributed by atoms with Crippen molar-refractivity contribution in [3.05, 3.63) is 29.3 Å².